The number of aryl methyl sites for hydroxylation is 1. The summed E-state index contributed by atoms with van der Waals surface area (Å²) in [6.45, 7) is 8.12. The molecule has 0 fully saturated rings. The summed E-state index contributed by atoms with van der Waals surface area (Å²) in [5, 5.41) is 0. The van der Waals surface area contributed by atoms with Gasteiger partial charge < -0.3 is 4.90 Å². The van der Waals surface area contributed by atoms with E-state index in [2.05, 4.69) is 36.7 Å². The fourth-order valence-corrected chi connectivity index (χ4v) is 3.35. The molecule has 1 aromatic heterocycles. The van der Waals surface area contributed by atoms with Gasteiger partial charge in [0.1, 0.15) is 0 Å². The van der Waals surface area contributed by atoms with Crippen molar-refractivity contribution in [1.29, 1.82) is 0 Å². The number of rotatable bonds is 0. The van der Waals surface area contributed by atoms with Crippen LogP contribution in [-0.4, -0.2) is 17.1 Å². The van der Waals surface area contributed by atoms with Crippen molar-refractivity contribution >= 4 is 5.69 Å². The summed E-state index contributed by atoms with van der Waals surface area (Å²) in [5.41, 5.74) is 4.62. The molecule has 0 aromatic carbocycles. The van der Waals surface area contributed by atoms with Crippen molar-refractivity contribution in [3.05, 3.63) is 23.5 Å². The van der Waals surface area contributed by atoms with Gasteiger partial charge in [0.2, 0.25) is 0 Å². The minimum Gasteiger partial charge on any atom is -0.366 e. The lowest BCUT2D eigenvalue weighted by atomic mass is 9.98. The molecule has 1 aliphatic carbocycles. The Kier molecular flexibility index (Phi) is 2.42. The molecule has 2 heterocycles. The molecule has 0 N–H and O–H groups in total. The molecular formula is C15H22N2. The van der Waals surface area contributed by atoms with Crippen LogP contribution in [-0.2, 0) is 6.42 Å². The summed E-state index contributed by atoms with van der Waals surface area (Å²) < 4.78 is 0. The largest absolute Gasteiger partial charge is 0.366 e. The van der Waals surface area contributed by atoms with Crippen LogP contribution >= 0.6 is 0 Å². The minimum absolute atomic E-state index is 0.224. The van der Waals surface area contributed by atoms with Crippen molar-refractivity contribution in [3.63, 3.8) is 0 Å². The van der Waals surface area contributed by atoms with Gasteiger partial charge in [0.15, 0.2) is 0 Å². The summed E-state index contributed by atoms with van der Waals surface area (Å²) in [4.78, 5) is 7.19. The maximum absolute atomic E-state index is 4.62. The monoisotopic (exact) mass is 230 g/mol. The van der Waals surface area contributed by atoms with Crippen molar-refractivity contribution < 1.29 is 0 Å². The summed E-state index contributed by atoms with van der Waals surface area (Å²) in [6.07, 6.45) is 7.20. The number of hydrogen-bond acceptors (Lipinski definition) is 2. The van der Waals surface area contributed by atoms with Crippen LogP contribution in [0.15, 0.2) is 12.3 Å². The van der Waals surface area contributed by atoms with Crippen LogP contribution in [0.3, 0.4) is 0 Å². The molecule has 1 aromatic rings. The molecule has 2 heteroatoms. The fourth-order valence-electron chi connectivity index (χ4n) is 3.35. The van der Waals surface area contributed by atoms with E-state index in [-0.39, 0.29) is 5.54 Å². The molecule has 2 nitrogen and oxygen atoms in total. The predicted molar refractivity (Wildman–Crippen MR) is 71.6 cm³/mol. The van der Waals surface area contributed by atoms with Crippen LogP contribution in [0, 0.1) is 0 Å². The van der Waals surface area contributed by atoms with E-state index in [1.807, 2.05) is 6.20 Å². The Morgan fingerprint density at radius 2 is 2.12 bits per heavy atom. The van der Waals surface area contributed by atoms with E-state index in [0.717, 1.165) is 5.92 Å². The maximum Gasteiger partial charge on any atom is 0.0459 e. The number of anilines is 1. The summed E-state index contributed by atoms with van der Waals surface area (Å²) in [5.74, 6) is 0.732. The number of pyridine rings is 1. The molecule has 1 atom stereocenters. The first-order valence-corrected chi connectivity index (χ1v) is 6.83. The topological polar surface area (TPSA) is 16.1 Å². The molecule has 92 valence electrons. The van der Waals surface area contributed by atoms with Crippen LogP contribution in [0.2, 0.25) is 0 Å². The van der Waals surface area contributed by atoms with Gasteiger partial charge in [-0.05, 0) is 46.1 Å². The van der Waals surface area contributed by atoms with Gasteiger partial charge in [0.25, 0.3) is 0 Å². The van der Waals surface area contributed by atoms with Gasteiger partial charge in [-0.25, -0.2) is 0 Å². The Bertz CT molecular complexity index is 431. The van der Waals surface area contributed by atoms with E-state index in [9.17, 15) is 0 Å². The SMILES string of the molecule is CC(C)(C)N1C[C@H]2CCCCc3nccc1c32. The van der Waals surface area contributed by atoms with Crippen molar-refractivity contribution in [3.8, 4) is 0 Å². The first-order valence-electron chi connectivity index (χ1n) is 6.83. The van der Waals surface area contributed by atoms with Gasteiger partial charge in [-0.2, -0.15) is 0 Å². The van der Waals surface area contributed by atoms with E-state index < -0.39 is 0 Å². The summed E-state index contributed by atoms with van der Waals surface area (Å²) in [7, 11) is 0. The molecule has 0 amide bonds. The molecule has 0 bridgehead atoms. The van der Waals surface area contributed by atoms with E-state index in [1.54, 1.807) is 5.56 Å². The van der Waals surface area contributed by atoms with Crippen LogP contribution in [0.1, 0.15) is 57.2 Å². The second-order valence-corrected chi connectivity index (χ2v) is 6.41. The molecule has 0 saturated carbocycles. The standard InChI is InChI=1S/C15H22N2/c1-15(2,3)17-10-11-6-4-5-7-12-14(11)13(17)8-9-16-12/h8-9,11H,4-7,10H2,1-3H3/t11-/m1/s1. The highest BCUT2D eigenvalue weighted by molar-refractivity contribution is 5.63. The molecule has 0 saturated heterocycles. The summed E-state index contributed by atoms with van der Waals surface area (Å²) in [6, 6.07) is 2.22. The minimum atomic E-state index is 0.224. The van der Waals surface area contributed by atoms with Gasteiger partial charge in [0, 0.05) is 41.1 Å². The summed E-state index contributed by atoms with van der Waals surface area (Å²) >= 11 is 0. The van der Waals surface area contributed by atoms with Crippen molar-refractivity contribution in [2.75, 3.05) is 11.4 Å². The second-order valence-electron chi connectivity index (χ2n) is 6.41. The molecular weight excluding hydrogens is 208 g/mol. The Balaban J connectivity index is 2.11. The highest BCUT2D eigenvalue weighted by Crippen LogP contribution is 2.45. The van der Waals surface area contributed by atoms with E-state index >= 15 is 0 Å². The third kappa shape index (κ3) is 1.74. The van der Waals surface area contributed by atoms with Gasteiger partial charge in [-0.3, -0.25) is 4.98 Å². The molecule has 3 rings (SSSR count). The molecule has 2 aliphatic rings. The van der Waals surface area contributed by atoms with E-state index in [0.29, 0.717) is 0 Å². The molecule has 17 heavy (non-hydrogen) atoms. The van der Waals surface area contributed by atoms with Gasteiger partial charge >= 0.3 is 0 Å². The van der Waals surface area contributed by atoms with Gasteiger partial charge in [-0.15, -0.1) is 0 Å². The van der Waals surface area contributed by atoms with Crippen LogP contribution < -0.4 is 4.90 Å². The normalized spacial score (nSPS) is 23.5. The zero-order valence-electron chi connectivity index (χ0n) is 11.2. The Morgan fingerprint density at radius 1 is 1.29 bits per heavy atom. The third-order valence-corrected chi connectivity index (χ3v) is 4.18. The Morgan fingerprint density at radius 3 is 2.88 bits per heavy atom. The molecule has 0 spiro atoms. The van der Waals surface area contributed by atoms with E-state index in [4.69, 9.17) is 0 Å². The Labute approximate surface area is 104 Å². The van der Waals surface area contributed by atoms with E-state index in [1.165, 1.54) is 43.6 Å². The zero-order chi connectivity index (χ0) is 12.0. The average Bonchev–Trinajstić information content (AvgIpc) is 2.51. The maximum atomic E-state index is 4.62. The van der Waals surface area contributed by atoms with Crippen molar-refractivity contribution in [1.82, 2.24) is 4.98 Å². The lowest BCUT2D eigenvalue weighted by Crippen LogP contribution is -2.40. The second kappa shape index (κ2) is 3.72. The Hall–Kier alpha value is -1.05. The molecule has 0 radical (unpaired) electrons. The lowest BCUT2D eigenvalue weighted by molar-refractivity contribution is 0.489. The number of hydrogen-bond donors (Lipinski definition) is 0. The average molecular weight is 230 g/mol. The van der Waals surface area contributed by atoms with Crippen LogP contribution in [0.25, 0.3) is 0 Å². The third-order valence-electron chi connectivity index (χ3n) is 4.18. The lowest BCUT2D eigenvalue weighted by Gasteiger charge is -2.35. The highest BCUT2D eigenvalue weighted by atomic mass is 15.2. The first-order chi connectivity index (χ1) is 8.07. The van der Waals surface area contributed by atoms with Gasteiger partial charge in [0.05, 0.1) is 0 Å². The molecule has 0 unspecified atom stereocenters. The zero-order valence-corrected chi connectivity index (χ0v) is 11.2. The van der Waals surface area contributed by atoms with Gasteiger partial charge in [-0.1, -0.05) is 6.42 Å². The fraction of sp³-hybridized carbons (Fsp3) is 0.667. The quantitative estimate of drug-likeness (QED) is 0.678. The molecule has 1 aliphatic heterocycles. The number of nitrogens with zero attached hydrogens (tertiary/aromatic N) is 2. The van der Waals surface area contributed by atoms with Crippen molar-refractivity contribution in [2.24, 2.45) is 0 Å². The van der Waals surface area contributed by atoms with Crippen LogP contribution in [0.5, 0.6) is 0 Å². The highest BCUT2D eigenvalue weighted by Gasteiger charge is 2.36. The smallest absolute Gasteiger partial charge is 0.0459 e. The van der Waals surface area contributed by atoms with Crippen molar-refractivity contribution in [2.45, 2.75) is 57.9 Å². The number of aromatic nitrogens is 1. The predicted octanol–water partition coefficient (Wildman–Crippen LogP) is 3.51. The first kappa shape index (κ1) is 11.1. The van der Waals surface area contributed by atoms with Crippen LogP contribution in [0.4, 0.5) is 5.69 Å².